The van der Waals surface area contributed by atoms with E-state index in [-0.39, 0.29) is 17.4 Å². The minimum atomic E-state index is -0.999. The summed E-state index contributed by atoms with van der Waals surface area (Å²) in [5.74, 6) is 1.38. The number of nitrogens with one attached hydrogen (secondary N) is 1. The second kappa shape index (κ2) is 12.8. The third-order valence-corrected chi connectivity index (χ3v) is 12.2. The summed E-state index contributed by atoms with van der Waals surface area (Å²) in [5, 5.41) is 9.12. The van der Waals surface area contributed by atoms with E-state index in [0.717, 1.165) is 35.3 Å². The van der Waals surface area contributed by atoms with Crippen molar-refractivity contribution in [2.75, 3.05) is 12.9 Å². The Kier molecular flexibility index (Phi) is 8.65. The van der Waals surface area contributed by atoms with Crippen molar-refractivity contribution in [2.45, 2.75) is 82.4 Å². The molecule has 4 aromatic carbocycles. The Balaban J connectivity index is 1.34. The van der Waals surface area contributed by atoms with Crippen LogP contribution in [0.2, 0.25) is 0 Å². The number of thioether (sulfide) groups is 1. The highest BCUT2D eigenvalue weighted by Gasteiger charge is 2.52. The highest BCUT2D eigenvalue weighted by atomic mass is 32.2. The number of benzene rings is 4. The third kappa shape index (κ3) is 5.83. The van der Waals surface area contributed by atoms with Crippen molar-refractivity contribution in [3.63, 3.8) is 0 Å². The number of fused-ring (bicyclic) bond motifs is 4. The molecule has 2 aliphatic rings. The summed E-state index contributed by atoms with van der Waals surface area (Å²) < 4.78 is 5.50. The number of aromatic nitrogens is 2. The molecular weight excluding hydrogens is 613 g/mol. The van der Waals surface area contributed by atoms with Gasteiger partial charge in [0, 0.05) is 10.5 Å². The van der Waals surface area contributed by atoms with Crippen LogP contribution < -0.4 is 4.74 Å². The second-order valence-corrected chi connectivity index (χ2v) is 15.6. The number of imidazole rings is 1. The van der Waals surface area contributed by atoms with E-state index in [4.69, 9.17) is 14.8 Å². The maximum atomic E-state index is 11.1. The first-order valence-electron chi connectivity index (χ1n) is 17.3. The maximum Gasteiger partial charge on any atom is 0.341 e. The van der Waals surface area contributed by atoms with Crippen LogP contribution in [0.4, 0.5) is 0 Å². The lowest BCUT2D eigenvalue weighted by Gasteiger charge is -2.56. The second-order valence-electron chi connectivity index (χ2n) is 14.7. The number of rotatable bonds is 9. The molecule has 0 spiro atoms. The lowest BCUT2D eigenvalue weighted by molar-refractivity contribution is -0.139. The first-order valence-corrected chi connectivity index (χ1v) is 18.6. The minimum absolute atomic E-state index is 0.0996. The maximum absolute atomic E-state index is 11.1. The van der Waals surface area contributed by atoms with Gasteiger partial charge in [0.15, 0.2) is 6.61 Å². The van der Waals surface area contributed by atoms with Crippen molar-refractivity contribution in [1.82, 2.24) is 9.97 Å². The topological polar surface area (TPSA) is 75.2 Å². The SMILES string of the molecule is CSc1ccccc1-c1ccc2[nH]c(-c3cccc(OCC(=O)O)c3)nc2c1C[C@@]1(C)CCC[C@]2(C)c3ccc(C(C)C)cc3CC[C@@H]12. The monoisotopic (exact) mass is 658 g/mol. The lowest BCUT2D eigenvalue weighted by Crippen LogP contribution is -2.50. The standard InChI is InChI=1S/C42H46N2O3S/c1-26(2)27-14-17-34-28(22-27)15-19-37-41(3,20-9-21-42(34,37)4)24-33-31(32-12-6-7-13-36(32)48-5)16-18-35-39(33)44-40(43-35)29-10-8-11-30(23-29)47-25-38(45)46/h6-8,10-14,16-18,22-23,26,37H,9,15,19-21,24-25H2,1-5H3,(H,43,44)(H,45,46)/t37-,41+,42+/m0/s1. The molecule has 248 valence electrons. The zero-order valence-corrected chi connectivity index (χ0v) is 29.5. The van der Waals surface area contributed by atoms with E-state index in [1.165, 1.54) is 52.8 Å². The number of H-pyrrole nitrogens is 1. The van der Waals surface area contributed by atoms with Crippen LogP contribution in [-0.4, -0.2) is 33.9 Å². The first-order chi connectivity index (χ1) is 23.1. The molecule has 0 bridgehead atoms. The Bertz CT molecular complexity index is 2000. The van der Waals surface area contributed by atoms with Crippen molar-refractivity contribution in [1.29, 1.82) is 0 Å². The molecule has 0 radical (unpaired) electrons. The van der Waals surface area contributed by atoms with Gasteiger partial charge in [0.05, 0.1) is 11.0 Å². The number of carboxylic acids is 1. The van der Waals surface area contributed by atoms with Gasteiger partial charge in [0.1, 0.15) is 11.6 Å². The Hall–Kier alpha value is -4.03. The largest absolute Gasteiger partial charge is 0.482 e. The molecule has 1 heterocycles. The van der Waals surface area contributed by atoms with Crippen LogP contribution in [0.5, 0.6) is 5.75 Å². The lowest BCUT2D eigenvalue weighted by atomic mass is 9.48. The van der Waals surface area contributed by atoms with E-state index in [9.17, 15) is 4.79 Å². The highest BCUT2D eigenvalue weighted by molar-refractivity contribution is 7.98. The fourth-order valence-corrected chi connectivity index (χ4v) is 9.68. The molecule has 7 rings (SSSR count). The number of hydrogen-bond donors (Lipinski definition) is 2. The molecule has 5 aromatic rings. The van der Waals surface area contributed by atoms with Crippen LogP contribution in [0.15, 0.2) is 83.8 Å². The van der Waals surface area contributed by atoms with Crippen LogP contribution >= 0.6 is 11.8 Å². The van der Waals surface area contributed by atoms with Crippen LogP contribution in [-0.2, 0) is 23.1 Å². The molecule has 1 saturated carbocycles. The summed E-state index contributed by atoms with van der Waals surface area (Å²) in [4.78, 5) is 21.3. The number of aryl methyl sites for hydroxylation is 1. The van der Waals surface area contributed by atoms with Crippen LogP contribution in [0.3, 0.4) is 0 Å². The van der Waals surface area contributed by atoms with Gasteiger partial charge in [-0.15, -0.1) is 11.8 Å². The summed E-state index contributed by atoms with van der Waals surface area (Å²) in [7, 11) is 0. The molecule has 0 saturated heterocycles. The van der Waals surface area contributed by atoms with Crippen molar-refractivity contribution < 1.29 is 14.6 Å². The molecule has 5 nitrogen and oxygen atoms in total. The molecular formula is C42H46N2O3S. The van der Waals surface area contributed by atoms with E-state index in [1.807, 2.05) is 18.2 Å². The smallest absolute Gasteiger partial charge is 0.341 e. The number of nitrogens with zero attached hydrogens (tertiary/aromatic N) is 1. The predicted octanol–water partition coefficient (Wildman–Crippen LogP) is 10.5. The van der Waals surface area contributed by atoms with Gasteiger partial charge in [0.2, 0.25) is 0 Å². The van der Waals surface area contributed by atoms with Crippen LogP contribution in [0.1, 0.15) is 81.5 Å². The van der Waals surface area contributed by atoms with Crippen molar-refractivity contribution in [2.24, 2.45) is 11.3 Å². The van der Waals surface area contributed by atoms with Gasteiger partial charge >= 0.3 is 5.97 Å². The Morgan fingerprint density at radius 3 is 2.65 bits per heavy atom. The minimum Gasteiger partial charge on any atom is -0.482 e. The molecule has 0 amide bonds. The Morgan fingerprint density at radius 1 is 1.02 bits per heavy atom. The summed E-state index contributed by atoms with van der Waals surface area (Å²) in [5.41, 5.74) is 11.6. The molecule has 1 aromatic heterocycles. The number of ether oxygens (including phenoxy) is 1. The molecule has 0 unspecified atom stereocenters. The van der Waals surface area contributed by atoms with Gasteiger partial charge in [0.25, 0.3) is 0 Å². The normalized spacial score (nSPS) is 22.0. The van der Waals surface area contributed by atoms with Gasteiger partial charge < -0.3 is 14.8 Å². The molecule has 2 aliphatic carbocycles. The quantitative estimate of drug-likeness (QED) is 0.154. The van der Waals surface area contributed by atoms with Gasteiger partial charge in [-0.05, 0) is 119 Å². The third-order valence-electron chi connectivity index (χ3n) is 11.4. The van der Waals surface area contributed by atoms with Gasteiger partial charge in [-0.3, -0.25) is 0 Å². The summed E-state index contributed by atoms with van der Waals surface area (Å²) >= 11 is 1.79. The fourth-order valence-electron chi connectivity index (χ4n) is 9.06. The molecule has 1 fully saturated rings. The molecule has 3 atom stereocenters. The predicted molar refractivity (Wildman–Crippen MR) is 197 cm³/mol. The average molecular weight is 659 g/mol. The van der Waals surface area contributed by atoms with E-state index in [0.29, 0.717) is 17.6 Å². The van der Waals surface area contributed by atoms with E-state index in [2.05, 4.69) is 93.5 Å². The molecule has 48 heavy (non-hydrogen) atoms. The number of aliphatic carboxylic acids is 1. The zero-order chi connectivity index (χ0) is 33.6. The van der Waals surface area contributed by atoms with E-state index < -0.39 is 5.97 Å². The summed E-state index contributed by atoms with van der Waals surface area (Å²) in [6, 6.07) is 28.1. The number of hydrogen-bond acceptors (Lipinski definition) is 4. The van der Waals surface area contributed by atoms with Gasteiger partial charge in [-0.25, -0.2) is 9.78 Å². The summed E-state index contributed by atoms with van der Waals surface area (Å²) in [6.45, 7) is 9.32. The number of aromatic amines is 1. The molecule has 2 N–H and O–H groups in total. The highest BCUT2D eigenvalue weighted by Crippen LogP contribution is 2.59. The Morgan fingerprint density at radius 2 is 1.85 bits per heavy atom. The average Bonchev–Trinajstić information content (AvgIpc) is 3.52. The van der Waals surface area contributed by atoms with Crippen molar-refractivity contribution in [3.05, 3.63) is 101 Å². The van der Waals surface area contributed by atoms with Crippen molar-refractivity contribution >= 4 is 28.8 Å². The number of carboxylic acid groups (broad SMARTS) is 1. The molecule has 6 heteroatoms. The van der Waals surface area contributed by atoms with Crippen molar-refractivity contribution in [3.8, 4) is 28.3 Å². The summed E-state index contributed by atoms with van der Waals surface area (Å²) in [6.07, 6.45) is 9.12. The number of carbonyl (C=O) groups is 1. The molecule has 0 aliphatic heterocycles. The van der Waals surface area contributed by atoms with Crippen LogP contribution in [0, 0.1) is 11.3 Å². The van der Waals surface area contributed by atoms with Crippen LogP contribution in [0.25, 0.3) is 33.5 Å². The first kappa shape index (κ1) is 32.5. The Labute approximate surface area is 288 Å². The van der Waals surface area contributed by atoms with E-state index >= 15 is 0 Å². The zero-order valence-electron chi connectivity index (χ0n) is 28.7. The van der Waals surface area contributed by atoms with Gasteiger partial charge in [-0.1, -0.05) is 88.7 Å². The fraction of sp³-hybridized carbons (Fsp3) is 0.381. The van der Waals surface area contributed by atoms with E-state index in [1.54, 1.807) is 29.0 Å². The van der Waals surface area contributed by atoms with Gasteiger partial charge in [-0.2, -0.15) is 0 Å².